The molecule has 0 saturated heterocycles. The van der Waals surface area contributed by atoms with Crippen molar-refractivity contribution in [2.45, 2.75) is 39.6 Å². The van der Waals surface area contributed by atoms with Crippen LogP contribution in [0.1, 0.15) is 35.5 Å². The number of carboxylic acids is 1. The van der Waals surface area contributed by atoms with Gasteiger partial charge in [-0.25, -0.2) is 4.68 Å². The fourth-order valence-corrected chi connectivity index (χ4v) is 2.70. The van der Waals surface area contributed by atoms with Crippen molar-refractivity contribution < 1.29 is 29.4 Å². The summed E-state index contributed by atoms with van der Waals surface area (Å²) in [4.78, 5) is 47.4. The molecule has 7 N–H and O–H groups in total. The number of hydrogen-bond acceptors (Lipinski definition) is 8. The summed E-state index contributed by atoms with van der Waals surface area (Å²) in [6.45, 7) is 2.49. The quantitative estimate of drug-likeness (QED) is 0.238. The number of aliphatic carboxylic acids is 1. The van der Waals surface area contributed by atoms with E-state index in [2.05, 4.69) is 26.3 Å². The summed E-state index contributed by atoms with van der Waals surface area (Å²) in [6.07, 6.45) is 1.39. The molecule has 0 aliphatic carbocycles. The van der Waals surface area contributed by atoms with Crippen LogP contribution in [0.25, 0.3) is 0 Å². The van der Waals surface area contributed by atoms with Gasteiger partial charge in [0.05, 0.1) is 31.9 Å². The number of carboxylic acid groups (broad SMARTS) is 1. The van der Waals surface area contributed by atoms with E-state index in [0.717, 1.165) is 4.68 Å². The summed E-state index contributed by atoms with van der Waals surface area (Å²) >= 11 is 0. The maximum absolute atomic E-state index is 12.6. The van der Waals surface area contributed by atoms with Crippen LogP contribution in [0.2, 0.25) is 0 Å². The third kappa shape index (κ3) is 7.66. The highest BCUT2D eigenvalue weighted by Crippen LogP contribution is 2.16. The molecular formula is C20H27N7O6. The predicted octanol–water partition coefficient (Wildman–Crippen LogP) is -1.18. The fraction of sp³-hybridized carbons (Fsp3) is 0.400. The average Bonchev–Trinajstić information content (AvgIpc) is 3.21. The highest BCUT2D eigenvalue weighted by Gasteiger charge is 2.18. The Morgan fingerprint density at radius 2 is 1.91 bits per heavy atom. The van der Waals surface area contributed by atoms with Crippen LogP contribution < -0.4 is 21.7 Å². The topological polar surface area (TPSA) is 202 Å². The Kier molecular flexibility index (Phi) is 9.00. The predicted molar refractivity (Wildman–Crippen MR) is 116 cm³/mol. The Bertz CT molecular complexity index is 1020. The Labute approximate surface area is 189 Å². The molecule has 2 aromatic rings. The minimum atomic E-state index is -1.08. The molecule has 1 atom stereocenters. The van der Waals surface area contributed by atoms with Crippen molar-refractivity contribution in [3.63, 3.8) is 0 Å². The number of aromatic nitrogens is 3. The largest absolute Gasteiger partial charge is 0.480 e. The van der Waals surface area contributed by atoms with Crippen molar-refractivity contribution in [2.24, 2.45) is 11.7 Å². The molecule has 1 aromatic carbocycles. The van der Waals surface area contributed by atoms with Gasteiger partial charge in [-0.2, -0.15) is 0 Å². The standard InChI is InChI=1S/C20H27N7O6/c1-11(2)18(21)20(33)23-7-16(29)24-13-4-3-12(10-28)15(5-13)19(32)22-6-14-8-27(26-25-14)9-17(30)31/h3-5,8,11,18,28H,6-7,9-10,21H2,1-2H3,(H,22,32)(H,23,33)(H,24,29)(H,30,31). The molecule has 0 bridgehead atoms. The number of hydrogen-bond donors (Lipinski definition) is 6. The maximum Gasteiger partial charge on any atom is 0.325 e. The summed E-state index contributed by atoms with van der Waals surface area (Å²) < 4.78 is 1.12. The molecule has 178 valence electrons. The summed E-state index contributed by atoms with van der Waals surface area (Å²) in [5.74, 6) is -2.67. The number of benzene rings is 1. The van der Waals surface area contributed by atoms with Gasteiger partial charge in [-0.1, -0.05) is 25.1 Å². The van der Waals surface area contributed by atoms with Crippen LogP contribution in [0, 0.1) is 5.92 Å². The number of nitrogens with zero attached hydrogens (tertiary/aromatic N) is 3. The molecule has 1 heterocycles. The molecule has 0 aliphatic heterocycles. The van der Waals surface area contributed by atoms with Crippen LogP contribution in [0.15, 0.2) is 24.4 Å². The van der Waals surface area contributed by atoms with Crippen LogP contribution in [0.5, 0.6) is 0 Å². The van der Waals surface area contributed by atoms with Gasteiger partial charge < -0.3 is 31.9 Å². The molecule has 0 fully saturated rings. The van der Waals surface area contributed by atoms with Gasteiger partial charge in [0.25, 0.3) is 5.91 Å². The molecule has 0 spiro atoms. The van der Waals surface area contributed by atoms with E-state index >= 15 is 0 Å². The van der Waals surface area contributed by atoms with E-state index in [1.54, 1.807) is 13.8 Å². The summed E-state index contributed by atoms with van der Waals surface area (Å²) in [5, 5.41) is 33.4. The molecule has 1 aromatic heterocycles. The van der Waals surface area contributed by atoms with Gasteiger partial charge in [0.15, 0.2) is 0 Å². The normalized spacial score (nSPS) is 11.7. The number of aliphatic hydroxyl groups is 1. The first-order chi connectivity index (χ1) is 15.6. The Balaban J connectivity index is 1.99. The van der Waals surface area contributed by atoms with E-state index in [-0.39, 0.29) is 36.8 Å². The van der Waals surface area contributed by atoms with Crippen LogP contribution >= 0.6 is 0 Å². The second-order valence-corrected chi connectivity index (χ2v) is 7.55. The third-order valence-electron chi connectivity index (χ3n) is 4.57. The van der Waals surface area contributed by atoms with Crippen molar-refractivity contribution in [1.29, 1.82) is 0 Å². The number of nitrogens with one attached hydrogen (secondary N) is 3. The minimum absolute atomic E-state index is 0.0257. The lowest BCUT2D eigenvalue weighted by atomic mass is 10.1. The first-order valence-corrected chi connectivity index (χ1v) is 10.1. The molecule has 2 rings (SSSR count). The van der Waals surface area contributed by atoms with E-state index in [1.165, 1.54) is 24.4 Å². The molecule has 3 amide bonds. The molecule has 0 saturated carbocycles. The summed E-state index contributed by atoms with van der Waals surface area (Å²) in [6, 6.07) is 3.66. The zero-order valence-corrected chi connectivity index (χ0v) is 18.2. The summed E-state index contributed by atoms with van der Waals surface area (Å²) in [5.41, 5.74) is 6.81. The minimum Gasteiger partial charge on any atom is -0.480 e. The number of amides is 3. The molecule has 1 unspecified atom stereocenters. The second-order valence-electron chi connectivity index (χ2n) is 7.55. The van der Waals surface area contributed by atoms with Crippen molar-refractivity contribution in [1.82, 2.24) is 25.6 Å². The van der Waals surface area contributed by atoms with Gasteiger partial charge in [0, 0.05) is 11.3 Å². The van der Waals surface area contributed by atoms with E-state index in [0.29, 0.717) is 11.3 Å². The first kappa shape index (κ1) is 25.4. The number of anilines is 1. The van der Waals surface area contributed by atoms with Crippen LogP contribution in [0.3, 0.4) is 0 Å². The Morgan fingerprint density at radius 3 is 2.55 bits per heavy atom. The molecule has 33 heavy (non-hydrogen) atoms. The molecular weight excluding hydrogens is 434 g/mol. The van der Waals surface area contributed by atoms with Gasteiger partial charge in [-0.15, -0.1) is 5.10 Å². The van der Waals surface area contributed by atoms with Crippen LogP contribution in [-0.2, 0) is 34.1 Å². The highest BCUT2D eigenvalue weighted by molar-refractivity contribution is 5.99. The van der Waals surface area contributed by atoms with E-state index in [1.807, 2.05) is 0 Å². The lowest BCUT2D eigenvalue weighted by Crippen LogP contribution is -2.46. The van der Waals surface area contributed by atoms with Gasteiger partial charge in [-0.3, -0.25) is 19.2 Å². The van der Waals surface area contributed by atoms with Gasteiger partial charge in [-0.05, 0) is 23.6 Å². The van der Waals surface area contributed by atoms with Crippen LogP contribution in [-0.4, -0.2) is 61.5 Å². The number of aliphatic hydroxyl groups excluding tert-OH is 1. The lowest BCUT2D eigenvalue weighted by Gasteiger charge is -2.15. The first-order valence-electron chi connectivity index (χ1n) is 10.1. The van der Waals surface area contributed by atoms with Gasteiger partial charge in [0.1, 0.15) is 12.2 Å². The maximum atomic E-state index is 12.6. The molecule has 13 nitrogen and oxygen atoms in total. The van der Waals surface area contributed by atoms with E-state index < -0.39 is 36.3 Å². The number of rotatable bonds is 11. The number of carbonyl (C=O) groups excluding carboxylic acids is 3. The highest BCUT2D eigenvalue weighted by atomic mass is 16.4. The second kappa shape index (κ2) is 11.7. The molecule has 0 radical (unpaired) electrons. The third-order valence-corrected chi connectivity index (χ3v) is 4.57. The van der Waals surface area contributed by atoms with Gasteiger partial charge in [0.2, 0.25) is 11.8 Å². The smallest absolute Gasteiger partial charge is 0.325 e. The Morgan fingerprint density at radius 1 is 1.18 bits per heavy atom. The number of carbonyl (C=O) groups is 4. The van der Waals surface area contributed by atoms with E-state index in [4.69, 9.17) is 10.8 Å². The average molecular weight is 461 g/mol. The fourth-order valence-electron chi connectivity index (χ4n) is 2.70. The zero-order valence-electron chi connectivity index (χ0n) is 18.2. The van der Waals surface area contributed by atoms with Crippen molar-refractivity contribution in [2.75, 3.05) is 11.9 Å². The van der Waals surface area contributed by atoms with Crippen LogP contribution in [0.4, 0.5) is 5.69 Å². The number of nitrogens with two attached hydrogens (primary N) is 1. The zero-order chi connectivity index (χ0) is 24.5. The Hall–Kier alpha value is -3.84. The van der Waals surface area contributed by atoms with Crippen molar-refractivity contribution in [3.05, 3.63) is 41.2 Å². The lowest BCUT2D eigenvalue weighted by molar-refractivity contribution is -0.138. The SMILES string of the molecule is CC(C)C(N)C(=O)NCC(=O)Nc1ccc(CO)c(C(=O)NCc2cn(CC(=O)O)nn2)c1. The van der Waals surface area contributed by atoms with Gasteiger partial charge >= 0.3 is 5.97 Å². The van der Waals surface area contributed by atoms with E-state index in [9.17, 15) is 24.3 Å². The molecule has 0 aliphatic rings. The van der Waals surface area contributed by atoms with Crippen molar-refractivity contribution in [3.8, 4) is 0 Å². The molecule has 13 heteroatoms. The van der Waals surface area contributed by atoms with Crippen molar-refractivity contribution >= 4 is 29.4 Å². The monoisotopic (exact) mass is 461 g/mol. The summed E-state index contributed by atoms with van der Waals surface area (Å²) in [7, 11) is 0.